The zero-order chi connectivity index (χ0) is 23.7. The zero-order valence-corrected chi connectivity index (χ0v) is 20.9. The molecule has 1 aromatic heterocycles. The van der Waals surface area contributed by atoms with Gasteiger partial charge in [-0.05, 0) is 62.7 Å². The third-order valence-electron chi connectivity index (χ3n) is 7.48. The number of ether oxygens (including phenoxy) is 1. The molecular weight excluding hydrogens is 418 g/mol. The highest BCUT2D eigenvalue weighted by molar-refractivity contribution is 5.95. The fourth-order valence-corrected chi connectivity index (χ4v) is 4.97. The van der Waals surface area contributed by atoms with Crippen LogP contribution in [0.4, 0.5) is 0 Å². The van der Waals surface area contributed by atoms with Crippen LogP contribution < -0.4 is 10.5 Å². The summed E-state index contributed by atoms with van der Waals surface area (Å²) in [6, 6.07) is 10.5. The summed E-state index contributed by atoms with van der Waals surface area (Å²) in [5, 5.41) is 1.11. The molecule has 1 atom stereocenters. The van der Waals surface area contributed by atoms with E-state index in [1.807, 2.05) is 12.1 Å². The minimum absolute atomic E-state index is 0.0706. The Morgan fingerprint density at radius 2 is 1.94 bits per heavy atom. The Kier molecular flexibility index (Phi) is 6.44. The van der Waals surface area contributed by atoms with Gasteiger partial charge in [-0.2, -0.15) is 0 Å². The fourth-order valence-electron chi connectivity index (χ4n) is 4.97. The maximum absolute atomic E-state index is 6.22. The van der Waals surface area contributed by atoms with E-state index in [0.717, 1.165) is 54.1 Å². The van der Waals surface area contributed by atoms with Crippen LogP contribution >= 0.6 is 0 Å². The average Bonchev–Trinajstić information content (AvgIpc) is 3.70. The van der Waals surface area contributed by atoms with Gasteiger partial charge in [-0.3, -0.25) is 0 Å². The molecule has 0 amide bonds. The minimum atomic E-state index is -0.0706. The average molecular weight is 457 g/mol. The molecule has 4 nitrogen and oxygen atoms in total. The Labute approximate surface area is 203 Å². The van der Waals surface area contributed by atoms with Gasteiger partial charge < -0.3 is 10.5 Å². The van der Waals surface area contributed by atoms with Crippen LogP contribution in [-0.2, 0) is 0 Å². The first kappa shape index (κ1) is 23.0. The van der Waals surface area contributed by atoms with Gasteiger partial charge in [-0.15, -0.1) is 0 Å². The van der Waals surface area contributed by atoms with E-state index in [4.69, 9.17) is 15.5 Å². The zero-order valence-electron chi connectivity index (χ0n) is 20.9. The van der Waals surface area contributed by atoms with Crippen LogP contribution in [0.2, 0.25) is 0 Å². The standard InChI is InChI=1S/C30H38N3O/c1-4-33-18-25(13-12-23-11-10-22(21-8-9-21)15-17-27(23)33)26-16-14-24-6-5-7-28(29(24)32-26)34-20-30(2,3)19-31/h5-7,10,14-18,21,23H,4,8-9,11-13,19-20,31H2,1-3H3/q+1. The van der Waals surface area contributed by atoms with Gasteiger partial charge in [0.25, 0.3) is 0 Å². The van der Waals surface area contributed by atoms with Crippen molar-refractivity contribution in [3.8, 4) is 5.75 Å². The first-order chi connectivity index (χ1) is 16.5. The van der Waals surface area contributed by atoms with Crippen LogP contribution in [0, 0.1) is 17.3 Å². The lowest BCUT2D eigenvalue weighted by Crippen LogP contribution is -2.30. The Balaban J connectivity index is 1.47. The lowest BCUT2D eigenvalue weighted by molar-refractivity contribution is -0.453. The number of allylic oxidation sites excluding steroid dienone is 5. The summed E-state index contributed by atoms with van der Waals surface area (Å²) in [6.07, 6.45) is 15.7. The molecular formula is C30H38N3O+. The number of fused-ring (bicyclic) bond motifs is 2. The van der Waals surface area contributed by atoms with Crippen LogP contribution in [0.15, 0.2) is 60.3 Å². The number of benzene rings is 1. The predicted molar refractivity (Wildman–Crippen MR) is 141 cm³/mol. The molecule has 0 radical (unpaired) electrons. The smallest absolute Gasteiger partial charge is 0.184 e. The SMILES string of the molecule is CC[N+]1=C2C=CC(C3CC3)=CCC2CCC(c2ccc3cccc(OCC(C)(C)CN)c3n2)=C1. The maximum atomic E-state index is 6.22. The number of hydrogen-bond acceptors (Lipinski definition) is 3. The van der Waals surface area contributed by atoms with Crippen molar-refractivity contribution in [1.29, 1.82) is 0 Å². The third-order valence-corrected chi connectivity index (χ3v) is 7.48. The third kappa shape index (κ3) is 4.88. The first-order valence-corrected chi connectivity index (χ1v) is 12.9. The molecule has 1 saturated carbocycles. The van der Waals surface area contributed by atoms with Crippen molar-refractivity contribution in [3.05, 3.63) is 66.0 Å². The Morgan fingerprint density at radius 1 is 1.09 bits per heavy atom. The van der Waals surface area contributed by atoms with Crippen LogP contribution in [0.3, 0.4) is 0 Å². The molecule has 34 heavy (non-hydrogen) atoms. The van der Waals surface area contributed by atoms with Gasteiger partial charge in [0.2, 0.25) is 0 Å². The topological polar surface area (TPSA) is 51.1 Å². The van der Waals surface area contributed by atoms with Crippen LogP contribution in [0.1, 0.15) is 58.6 Å². The molecule has 2 N–H and O–H groups in total. The van der Waals surface area contributed by atoms with E-state index < -0.39 is 0 Å². The van der Waals surface area contributed by atoms with Crippen LogP contribution in [0.5, 0.6) is 5.75 Å². The Morgan fingerprint density at radius 3 is 2.71 bits per heavy atom. The molecule has 178 valence electrons. The summed E-state index contributed by atoms with van der Waals surface area (Å²) in [5.74, 6) is 2.22. The van der Waals surface area contributed by atoms with Crippen molar-refractivity contribution in [3.63, 3.8) is 0 Å². The molecule has 2 heterocycles. The van der Waals surface area contributed by atoms with E-state index in [1.54, 1.807) is 5.57 Å². The van der Waals surface area contributed by atoms with Crippen molar-refractivity contribution >= 4 is 22.2 Å². The largest absolute Gasteiger partial charge is 0.491 e. The molecule has 0 spiro atoms. The predicted octanol–water partition coefficient (Wildman–Crippen LogP) is 6.12. The van der Waals surface area contributed by atoms with Crippen molar-refractivity contribution < 1.29 is 9.31 Å². The molecule has 2 aromatic rings. The van der Waals surface area contributed by atoms with E-state index in [9.17, 15) is 0 Å². The molecule has 1 unspecified atom stereocenters. The van der Waals surface area contributed by atoms with Crippen LogP contribution in [-0.4, -0.2) is 35.0 Å². The monoisotopic (exact) mass is 456 g/mol. The number of pyridine rings is 1. The summed E-state index contributed by atoms with van der Waals surface area (Å²) >= 11 is 0. The summed E-state index contributed by atoms with van der Waals surface area (Å²) in [7, 11) is 0. The number of aromatic nitrogens is 1. The van der Waals surface area contributed by atoms with Crippen molar-refractivity contribution in [2.75, 3.05) is 19.7 Å². The van der Waals surface area contributed by atoms with E-state index in [1.165, 1.54) is 24.1 Å². The molecule has 4 heteroatoms. The van der Waals surface area contributed by atoms with Gasteiger partial charge >= 0.3 is 0 Å². The van der Waals surface area contributed by atoms with Gasteiger partial charge in [0.15, 0.2) is 11.9 Å². The first-order valence-electron chi connectivity index (χ1n) is 12.9. The van der Waals surface area contributed by atoms with E-state index >= 15 is 0 Å². The second-order valence-electron chi connectivity index (χ2n) is 10.8. The highest BCUT2D eigenvalue weighted by Gasteiger charge is 2.31. The molecule has 0 bridgehead atoms. The fraction of sp³-hybridized carbons (Fsp3) is 0.467. The lowest BCUT2D eigenvalue weighted by atomic mass is 9.92. The number of hydrogen-bond donors (Lipinski definition) is 1. The van der Waals surface area contributed by atoms with Crippen molar-refractivity contribution in [2.24, 2.45) is 23.0 Å². The summed E-state index contributed by atoms with van der Waals surface area (Å²) < 4.78 is 8.67. The van der Waals surface area contributed by atoms with Crippen molar-refractivity contribution in [2.45, 2.75) is 52.9 Å². The number of nitrogens with zero attached hydrogens (tertiary/aromatic N) is 2. The van der Waals surface area contributed by atoms with Gasteiger partial charge in [0, 0.05) is 34.9 Å². The highest BCUT2D eigenvalue weighted by atomic mass is 16.5. The lowest BCUT2D eigenvalue weighted by Gasteiger charge is -2.22. The second kappa shape index (κ2) is 9.50. The van der Waals surface area contributed by atoms with Crippen LogP contribution in [0.25, 0.3) is 16.5 Å². The molecule has 0 saturated heterocycles. The van der Waals surface area contributed by atoms with Crippen molar-refractivity contribution in [1.82, 2.24) is 4.98 Å². The summed E-state index contributed by atoms with van der Waals surface area (Å²) in [4.78, 5) is 5.12. The summed E-state index contributed by atoms with van der Waals surface area (Å²) in [6.45, 7) is 8.63. The van der Waals surface area contributed by atoms with Gasteiger partial charge in [-0.1, -0.05) is 44.2 Å². The number of para-hydroxylation sites is 1. The molecule has 2 aliphatic carbocycles. The Hall–Kier alpha value is -2.72. The number of nitrogens with two attached hydrogens (primary N) is 1. The molecule has 3 aliphatic rings. The number of rotatable bonds is 7. The highest BCUT2D eigenvalue weighted by Crippen LogP contribution is 2.39. The van der Waals surface area contributed by atoms with Gasteiger partial charge in [-0.25, -0.2) is 9.56 Å². The molecule has 1 aliphatic heterocycles. The Bertz CT molecular complexity index is 1200. The minimum Gasteiger partial charge on any atom is -0.491 e. The maximum Gasteiger partial charge on any atom is 0.184 e. The normalized spacial score (nSPS) is 21.0. The van der Waals surface area contributed by atoms with Gasteiger partial charge in [0.05, 0.1) is 12.3 Å². The second-order valence-corrected chi connectivity index (χ2v) is 10.8. The molecule has 5 rings (SSSR count). The summed E-state index contributed by atoms with van der Waals surface area (Å²) in [5.41, 5.74) is 12.1. The molecule has 1 aromatic carbocycles. The quantitative estimate of drug-likeness (QED) is 0.511. The molecule has 1 fully saturated rings. The van der Waals surface area contributed by atoms with E-state index in [0.29, 0.717) is 19.1 Å². The van der Waals surface area contributed by atoms with E-state index in [-0.39, 0.29) is 5.41 Å². The van der Waals surface area contributed by atoms with E-state index in [2.05, 4.69) is 68.0 Å². The van der Waals surface area contributed by atoms with Gasteiger partial charge in [0.1, 0.15) is 17.8 Å².